The third-order valence-electron chi connectivity index (χ3n) is 4.20. The molecule has 1 aromatic rings. The van der Waals surface area contributed by atoms with E-state index in [2.05, 4.69) is 49.2 Å². The number of benzene rings is 1. The summed E-state index contributed by atoms with van der Waals surface area (Å²) >= 11 is 0. The summed E-state index contributed by atoms with van der Waals surface area (Å²) < 4.78 is 5.80. The number of hydrogen-bond donors (Lipinski definition) is 1. The van der Waals surface area contributed by atoms with Crippen molar-refractivity contribution < 1.29 is 4.74 Å². The fraction of sp³-hybridized carbons (Fsp3) is 0.647. The Balaban J connectivity index is 1.69. The molecule has 0 atom stereocenters. The summed E-state index contributed by atoms with van der Waals surface area (Å²) in [5.41, 5.74) is 4.08. The number of hydrogen-bond acceptors (Lipinski definition) is 3. The highest BCUT2D eigenvalue weighted by Gasteiger charge is 2.28. The van der Waals surface area contributed by atoms with Crippen molar-refractivity contribution in [3.05, 3.63) is 29.3 Å². The van der Waals surface area contributed by atoms with Gasteiger partial charge in [-0.2, -0.15) is 0 Å². The van der Waals surface area contributed by atoms with Gasteiger partial charge in [0, 0.05) is 31.4 Å². The summed E-state index contributed by atoms with van der Waals surface area (Å²) in [5.74, 6) is 0. The fourth-order valence-corrected chi connectivity index (χ4v) is 2.95. The van der Waals surface area contributed by atoms with E-state index in [1.807, 2.05) is 0 Å². The molecule has 3 rings (SSSR count). The van der Waals surface area contributed by atoms with E-state index < -0.39 is 0 Å². The summed E-state index contributed by atoms with van der Waals surface area (Å²) in [6.07, 6.45) is 2.69. The van der Waals surface area contributed by atoms with Gasteiger partial charge >= 0.3 is 0 Å². The van der Waals surface area contributed by atoms with Crippen LogP contribution in [0.25, 0.3) is 0 Å². The lowest BCUT2D eigenvalue weighted by Crippen LogP contribution is -2.48. The molecule has 1 aromatic carbocycles. The molecular weight excluding hydrogens is 248 g/mol. The molecule has 2 aliphatic rings. The SMILES string of the molecule is Cc1cc(CNC2CC2)ccc1N1CCOC(C)(C)C1. The van der Waals surface area contributed by atoms with Crippen LogP contribution in [0.5, 0.6) is 0 Å². The van der Waals surface area contributed by atoms with Crippen LogP contribution in [0.15, 0.2) is 18.2 Å². The lowest BCUT2D eigenvalue weighted by atomic mass is 10.0. The van der Waals surface area contributed by atoms with Crippen molar-refractivity contribution in [3.63, 3.8) is 0 Å². The van der Waals surface area contributed by atoms with E-state index in [9.17, 15) is 0 Å². The molecule has 0 amide bonds. The molecule has 110 valence electrons. The molecule has 20 heavy (non-hydrogen) atoms. The van der Waals surface area contributed by atoms with Crippen molar-refractivity contribution in [2.75, 3.05) is 24.6 Å². The van der Waals surface area contributed by atoms with Crippen LogP contribution < -0.4 is 10.2 Å². The number of nitrogens with zero attached hydrogens (tertiary/aromatic N) is 1. The Bertz CT molecular complexity index is 480. The standard InChI is InChI=1S/C17H26N2O/c1-13-10-14(11-18-15-5-6-15)4-7-16(13)19-8-9-20-17(2,3)12-19/h4,7,10,15,18H,5-6,8-9,11-12H2,1-3H3. The minimum atomic E-state index is -0.0448. The molecule has 1 heterocycles. The van der Waals surface area contributed by atoms with Gasteiger partial charge in [0.25, 0.3) is 0 Å². The van der Waals surface area contributed by atoms with Gasteiger partial charge in [0.05, 0.1) is 12.2 Å². The zero-order valence-corrected chi connectivity index (χ0v) is 12.9. The van der Waals surface area contributed by atoms with E-state index in [1.165, 1.54) is 29.7 Å². The van der Waals surface area contributed by atoms with Gasteiger partial charge in [-0.15, -0.1) is 0 Å². The Labute approximate surface area is 122 Å². The van der Waals surface area contributed by atoms with Crippen molar-refractivity contribution in [2.24, 2.45) is 0 Å². The topological polar surface area (TPSA) is 24.5 Å². The first kappa shape index (κ1) is 13.9. The van der Waals surface area contributed by atoms with Gasteiger partial charge in [0.15, 0.2) is 0 Å². The molecule has 0 spiro atoms. The number of anilines is 1. The normalized spacial score (nSPS) is 22.1. The van der Waals surface area contributed by atoms with Crippen LogP contribution in [0.3, 0.4) is 0 Å². The Morgan fingerprint density at radius 1 is 1.35 bits per heavy atom. The molecular formula is C17H26N2O. The maximum atomic E-state index is 5.80. The molecule has 0 radical (unpaired) electrons. The van der Waals surface area contributed by atoms with Crippen LogP contribution >= 0.6 is 0 Å². The van der Waals surface area contributed by atoms with E-state index in [0.717, 1.165) is 32.3 Å². The molecule has 3 heteroatoms. The maximum absolute atomic E-state index is 5.80. The van der Waals surface area contributed by atoms with Gasteiger partial charge in [0.1, 0.15) is 0 Å². The Hall–Kier alpha value is -1.06. The monoisotopic (exact) mass is 274 g/mol. The highest BCUT2D eigenvalue weighted by Crippen LogP contribution is 2.27. The fourth-order valence-electron chi connectivity index (χ4n) is 2.95. The van der Waals surface area contributed by atoms with Crippen LogP contribution in [0.4, 0.5) is 5.69 Å². The van der Waals surface area contributed by atoms with Crippen LogP contribution in [0, 0.1) is 6.92 Å². The second-order valence-electron chi connectivity index (χ2n) is 6.81. The summed E-state index contributed by atoms with van der Waals surface area (Å²) in [6.45, 7) is 10.3. The molecule has 1 saturated heterocycles. The molecule has 0 unspecified atom stereocenters. The van der Waals surface area contributed by atoms with E-state index in [-0.39, 0.29) is 5.60 Å². The minimum Gasteiger partial charge on any atom is -0.372 e. The predicted molar refractivity (Wildman–Crippen MR) is 83.3 cm³/mol. The Morgan fingerprint density at radius 3 is 2.80 bits per heavy atom. The minimum absolute atomic E-state index is 0.0448. The molecule has 1 saturated carbocycles. The quantitative estimate of drug-likeness (QED) is 0.913. The zero-order chi connectivity index (χ0) is 14.2. The largest absolute Gasteiger partial charge is 0.372 e. The van der Waals surface area contributed by atoms with Crippen molar-refractivity contribution in [1.29, 1.82) is 0 Å². The van der Waals surface area contributed by atoms with Crippen LogP contribution in [-0.4, -0.2) is 31.3 Å². The Kier molecular flexibility index (Phi) is 3.74. The second kappa shape index (κ2) is 5.38. The summed E-state index contributed by atoms with van der Waals surface area (Å²) in [4.78, 5) is 2.46. The average molecular weight is 274 g/mol. The predicted octanol–water partition coefficient (Wildman–Crippen LogP) is 2.86. The average Bonchev–Trinajstić information content (AvgIpc) is 3.19. The first-order chi connectivity index (χ1) is 9.53. The van der Waals surface area contributed by atoms with Gasteiger partial charge in [-0.1, -0.05) is 12.1 Å². The van der Waals surface area contributed by atoms with Crippen molar-refractivity contribution in [3.8, 4) is 0 Å². The van der Waals surface area contributed by atoms with Crippen molar-refractivity contribution in [2.45, 2.75) is 51.8 Å². The van der Waals surface area contributed by atoms with E-state index in [1.54, 1.807) is 0 Å². The molecule has 1 aliphatic carbocycles. The second-order valence-corrected chi connectivity index (χ2v) is 6.81. The van der Waals surface area contributed by atoms with E-state index >= 15 is 0 Å². The molecule has 0 aromatic heterocycles. The van der Waals surface area contributed by atoms with Gasteiger partial charge in [-0.25, -0.2) is 0 Å². The molecule has 0 bridgehead atoms. The van der Waals surface area contributed by atoms with Gasteiger partial charge in [-0.05, 0) is 50.8 Å². The third kappa shape index (κ3) is 3.33. The number of nitrogens with one attached hydrogen (secondary N) is 1. The number of aryl methyl sites for hydroxylation is 1. The van der Waals surface area contributed by atoms with Crippen molar-refractivity contribution >= 4 is 5.69 Å². The third-order valence-corrected chi connectivity index (χ3v) is 4.20. The highest BCUT2D eigenvalue weighted by molar-refractivity contribution is 5.55. The highest BCUT2D eigenvalue weighted by atomic mass is 16.5. The van der Waals surface area contributed by atoms with E-state index in [4.69, 9.17) is 4.74 Å². The van der Waals surface area contributed by atoms with Gasteiger partial charge in [0.2, 0.25) is 0 Å². The number of rotatable bonds is 4. The van der Waals surface area contributed by atoms with Crippen molar-refractivity contribution in [1.82, 2.24) is 5.32 Å². The summed E-state index contributed by atoms with van der Waals surface area (Å²) in [6, 6.07) is 7.64. The summed E-state index contributed by atoms with van der Waals surface area (Å²) in [5, 5.41) is 3.58. The van der Waals surface area contributed by atoms with Crippen LogP contribution in [-0.2, 0) is 11.3 Å². The lowest BCUT2D eigenvalue weighted by molar-refractivity contribution is -0.0277. The first-order valence-corrected chi connectivity index (χ1v) is 7.75. The van der Waals surface area contributed by atoms with Gasteiger partial charge < -0.3 is 15.0 Å². The van der Waals surface area contributed by atoms with Gasteiger partial charge in [-0.3, -0.25) is 0 Å². The maximum Gasteiger partial charge on any atom is 0.0801 e. The van der Waals surface area contributed by atoms with E-state index in [0.29, 0.717) is 0 Å². The smallest absolute Gasteiger partial charge is 0.0801 e. The first-order valence-electron chi connectivity index (χ1n) is 7.75. The summed E-state index contributed by atoms with van der Waals surface area (Å²) in [7, 11) is 0. The van der Waals surface area contributed by atoms with Crippen LogP contribution in [0.2, 0.25) is 0 Å². The molecule has 1 N–H and O–H groups in total. The lowest BCUT2D eigenvalue weighted by Gasteiger charge is -2.40. The molecule has 1 aliphatic heterocycles. The zero-order valence-electron chi connectivity index (χ0n) is 12.9. The Morgan fingerprint density at radius 2 is 2.15 bits per heavy atom. The number of ether oxygens (including phenoxy) is 1. The number of morpholine rings is 1. The van der Waals surface area contributed by atoms with Crippen LogP contribution in [0.1, 0.15) is 37.8 Å². The molecule has 2 fully saturated rings. The molecule has 3 nitrogen and oxygen atoms in total.